The van der Waals surface area contributed by atoms with Crippen molar-refractivity contribution in [3.05, 3.63) is 23.8 Å². The normalized spacial score (nSPS) is 51.2. The number of allylic oxidation sites excluding steroid dienone is 4. The van der Waals surface area contributed by atoms with Crippen LogP contribution in [-0.4, -0.2) is 3.42 Å². The summed E-state index contributed by atoms with van der Waals surface area (Å²) >= 11 is 2.78. The first-order valence-corrected chi connectivity index (χ1v) is 13.2. The maximum Gasteiger partial charge on any atom is 0.0200 e. The van der Waals surface area contributed by atoms with Crippen LogP contribution in [0.5, 0.6) is 0 Å². The van der Waals surface area contributed by atoms with E-state index in [1.165, 1.54) is 57.8 Å². The molecule has 0 aromatic heterocycles. The number of halogens is 1. The average molecular weight is 493 g/mol. The number of rotatable bonds is 2. The summed E-state index contributed by atoms with van der Waals surface area (Å²) in [7, 11) is 0. The second-order valence-electron chi connectivity index (χ2n) is 12.8. The fourth-order valence-corrected chi connectivity index (χ4v) is 10.0. The van der Waals surface area contributed by atoms with Crippen LogP contribution < -0.4 is 0 Å². The molecule has 3 saturated carbocycles. The highest BCUT2D eigenvalue weighted by molar-refractivity contribution is 14.1. The summed E-state index contributed by atoms with van der Waals surface area (Å²) in [6.07, 6.45) is 21.1. The van der Waals surface area contributed by atoms with Gasteiger partial charge < -0.3 is 0 Å². The summed E-state index contributed by atoms with van der Waals surface area (Å²) in [5.74, 6) is 4.24. The standard InChI is InChI=1S/C27H41I/c1-24(2)16-18-9-12-27(24,13-10-18)23-20-14-21(22(15-20)25(23,3)4)19-8-6-7-11-26(5,28)17-19/h9,12,14,18-20,22-23H,6-8,10-11,13,15-17H2,1-5H3. The highest BCUT2D eigenvalue weighted by Crippen LogP contribution is 2.73. The van der Waals surface area contributed by atoms with Gasteiger partial charge in [0.25, 0.3) is 0 Å². The molecular weight excluding hydrogens is 451 g/mol. The van der Waals surface area contributed by atoms with Crippen LogP contribution in [0.25, 0.3) is 0 Å². The summed E-state index contributed by atoms with van der Waals surface area (Å²) in [5, 5.41) is 0. The van der Waals surface area contributed by atoms with Gasteiger partial charge in [0.05, 0.1) is 0 Å². The molecule has 0 aliphatic heterocycles. The molecule has 7 unspecified atom stereocenters. The molecule has 0 N–H and O–H groups in total. The maximum absolute atomic E-state index is 2.85. The Labute approximate surface area is 187 Å². The molecule has 1 heteroatoms. The second kappa shape index (κ2) is 6.36. The largest absolute Gasteiger partial charge is 0.0848 e. The lowest BCUT2D eigenvalue weighted by Crippen LogP contribution is -2.54. The third kappa shape index (κ3) is 2.79. The maximum atomic E-state index is 2.85. The van der Waals surface area contributed by atoms with E-state index in [0.29, 0.717) is 19.7 Å². The SMILES string of the molecule is CC1(I)CCCCC(C2=CC3CC2C(C)(C)C3C23C=CC(CC2)CC3(C)C)C1. The van der Waals surface area contributed by atoms with Crippen molar-refractivity contribution in [3.8, 4) is 0 Å². The molecule has 0 saturated heterocycles. The van der Waals surface area contributed by atoms with E-state index in [1.807, 2.05) is 5.57 Å². The van der Waals surface area contributed by atoms with Gasteiger partial charge in [-0.2, -0.15) is 0 Å². The third-order valence-electron chi connectivity index (χ3n) is 10.3. The van der Waals surface area contributed by atoms with Crippen molar-refractivity contribution in [1.29, 1.82) is 0 Å². The van der Waals surface area contributed by atoms with Gasteiger partial charge in [0.15, 0.2) is 0 Å². The number of hydrogen-bond acceptors (Lipinski definition) is 0. The molecule has 0 aromatic carbocycles. The van der Waals surface area contributed by atoms with Crippen LogP contribution in [0.15, 0.2) is 23.8 Å². The van der Waals surface area contributed by atoms with Crippen LogP contribution in [0.4, 0.5) is 0 Å². The average Bonchev–Trinajstić information content (AvgIpc) is 3.07. The highest BCUT2D eigenvalue weighted by Gasteiger charge is 2.65. The van der Waals surface area contributed by atoms with Crippen molar-refractivity contribution in [1.82, 2.24) is 0 Å². The van der Waals surface area contributed by atoms with Crippen molar-refractivity contribution in [2.45, 2.75) is 95.8 Å². The third-order valence-corrected chi connectivity index (χ3v) is 11.3. The van der Waals surface area contributed by atoms with Crippen LogP contribution in [0, 0.1) is 45.8 Å². The zero-order valence-corrected chi connectivity index (χ0v) is 21.0. The smallest absolute Gasteiger partial charge is 0.0200 e. The fraction of sp³-hybridized carbons (Fsp3) is 0.852. The van der Waals surface area contributed by atoms with E-state index in [9.17, 15) is 0 Å². The second-order valence-corrected chi connectivity index (χ2v) is 15.4. The molecule has 0 spiro atoms. The van der Waals surface area contributed by atoms with Crippen molar-refractivity contribution < 1.29 is 0 Å². The molecule has 0 amide bonds. The van der Waals surface area contributed by atoms with E-state index in [-0.39, 0.29) is 0 Å². The Balaban J connectivity index is 1.50. The first-order chi connectivity index (χ1) is 13.1. The Morgan fingerprint density at radius 2 is 1.75 bits per heavy atom. The molecule has 28 heavy (non-hydrogen) atoms. The van der Waals surface area contributed by atoms with Gasteiger partial charge in [-0.25, -0.2) is 0 Å². The minimum absolute atomic E-state index is 0.438. The quantitative estimate of drug-likeness (QED) is 0.157. The molecule has 0 heterocycles. The number of alkyl halides is 1. The summed E-state index contributed by atoms with van der Waals surface area (Å²) in [4.78, 5) is 0. The molecule has 3 fully saturated rings. The number of hydrogen-bond donors (Lipinski definition) is 0. The van der Waals surface area contributed by atoms with Crippen molar-refractivity contribution in [2.75, 3.05) is 0 Å². The predicted molar refractivity (Wildman–Crippen MR) is 129 cm³/mol. The molecule has 0 nitrogen and oxygen atoms in total. The Bertz CT molecular complexity index is 708. The molecule has 0 aromatic rings. The van der Waals surface area contributed by atoms with Crippen LogP contribution in [0.1, 0.15) is 92.4 Å². The zero-order valence-electron chi connectivity index (χ0n) is 18.9. The fourth-order valence-electron chi connectivity index (χ4n) is 9.10. The van der Waals surface area contributed by atoms with E-state index >= 15 is 0 Å². The molecule has 4 bridgehead atoms. The van der Waals surface area contributed by atoms with Crippen molar-refractivity contribution >= 4 is 22.6 Å². The minimum atomic E-state index is 0.438. The Morgan fingerprint density at radius 3 is 2.39 bits per heavy atom. The summed E-state index contributed by atoms with van der Waals surface area (Å²) in [6, 6.07) is 0. The summed E-state index contributed by atoms with van der Waals surface area (Å²) in [5.41, 5.74) is 3.26. The molecule has 6 rings (SSSR count). The molecule has 6 aliphatic carbocycles. The monoisotopic (exact) mass is 492 g/mol. The predicted octanol–water partition coefficient (Wildman–Crippen LogP) is 8.36. The zero-order chi connectivity index (χ0) is 19.9. The topological polar surface area (TPSA) is 0 Å². The molecule has 0 radical (unpaired) electrons. The van der Waals surface area contributed by atoms with E-state index in [1.54, 1.807) is 0 Å². The van der Waals surface area contributed by atoms with Gasteiger partial charge >= 0.3 is 0 Å². The van der Waals surface area contributed by atoms with Gasteiger partial charge in [-0.1, -0.05) is 93.9 Å². The Morgan fingerprint density at radius 1 is 0.964 bits per heavy atom. The first kappa shape index (κ1) is 20.1. The van der Waals surface area contributed by atoms with E-state index in [2.05, 4.69) is 75.4 Å². The summed E-state index contributed by atoms with van der Waals surface area (Å²) < 4.78 is 0.510. The first-order valence-electron chi connectivity index (χ1n) is 12.2. The van der Waals surface area contributed by atoms with E-state index < -0.39 is 0 Å². The molecule has 6 aliphatic rings. The van der Waals surface area contributed by atoms with Gasteiger partial charge in [0.2, 0.25) is 0 Å². The van der Waals surface area contributed by atoms with Crippen LogP contribution in [0.3, 0.4) is 0 Å². The van der Waals surface area contributed by atoms with Crippen molar-refractivity contribution in [2.24, 2.45) is 45.8 Å². The van der Waals surface area contributed by atoms with Gasteiger partial charge in [-0.05, 0) is 90.8 Å². The number of fused-ring (bicyclic) bond motifs is 4. The minimum Gasteiger partial charge on any atom is -0.0848 e. The Hall–Kier alpha value is 0.210. The van der Waals surface area contributed by atoms with E-state index in [4.69, 9.17) is 0 Å². The van der Waals surface area contributed by atoms with Crippen LogP contribution in [0.2, 0.25) is 0 Å². The lowest BCUT2D eigenvalue weighted by atomic mass is 9.42. The van der Waals surface area contributed by atoms with Gasteiger partial charge in [-0.3, -0.25) is 0 Å². The molecule has 156 valence electrons. The van der Waals surface area contributed by atoms with Crippen LogP contribution in [-0.2, 0) is 0 Å². The lowest BCUT2D eigenvalue weighted by molar-refractivity contribution is -0.0747. The highest BCUT2D eigenvalue weighted by atomic mass is 127. The molecule has 7 atom stereocenters. The Kier molecular flexibility index (Phi) is 4.57. The van der Waals surface area contributed by atoms with Crippen molar-refractivity contribution in [3.63, 3.8) is 0 Å². The summed E-state index contributed by atoms with van der Waals surface area (Å²) in [6.45, 7) is 13.0. The van der Waals surface area contributed by atoms with Gasteiger partial charge in [0, 0.05) is 3.42 Å². The molecular formula is C27H41I. The van der Waals surface area contributed by atoms with Gasteiger partial charge in [0.1, 0.15) is 0 Å². The van der Waals surface area contributed by atoms with Gasteiger partial charge in [-0.15, -0.1) is 0 Å². The van der Waals surface area contributed by atoms with E-state index in [0.717, 1.165) is 29.6 Å². The lowest BCUT2D eigenvalue weighted by Gasteiger charge is -2.62. The van der Waals surface area contributed by atoms with Crippen LogP contribution >= 0.6 is 22.6 Å².